The second-order valence-corrected chi connectivity index (χ2v) is 8.24. The Balaban J connectivity index is 2.04. The summed E-state index contributed by atoms with van der Waals surface area (Å²) in [5.74, 6) is -0.642. The predicted octanol–water partition coefficient (Wildman–Crippen LogP) is 5.45. The van der Waals surface area contributed by atoms with Crippen molar-refractivity contribution in [3.05, 3.63) is 75.4 Å². The van der Waals surface area contributed by atoms with E-state index in [2.05, 4.69) is 11.4 Å². The predicted molar refractivity (Wildman–Crippen MR) is 116 cm³/mol. The topological polar surface area (TPSA) is 65.4 Å². The highest BCUT2D eigenvalue weighted by Crippen LogP contribution is 2.51. The zero-order valence-corrected chi connectivity index (χ0v) is 17.4. The first-order valence-corrected chi connectivity index (χ1v) is 10.2. The van der Waals surface area contributed by atoms with Crippen molar-refractivity contribution in [3.63, 3.8) is 0 Å². The average molecular weight is 424 g/mol. The van der Waals surface area contributed by atoms with Gasteiger partial charge in [0.2, 0.25) is 5.54 Å². The summed E-state index contributed by atoms with van der Waals surface area (Å²) >= 11 is 7.80. The van der Waals surface area contributed by atoms with Crippen LogP contribution in [0, 0.1) is 18.3 Å². The van der Waals surface area contributed by atoms with Gasteiger partial charge >= 0.3 is 5.97 Å². The minimum atomic E-state index is -1.63. The highest BCUT2D eigenvalue weighted by Gasteiger charge is 2.55. The summed E-state index contributed by atoms with van der Waals surface area (Å²) in [6.45, 7) is 2.01. The molecule has 2 heterocycles. The number of aryl methyl sites for hydroxylation is 1. The van der Waals surface area contributed by atoms with E-state index >= 15 is 0 Å². The van der Waals surface area contributed by atoms with Crippen LogP contribution in [0.3, 0.4) is 0 Å². The van der Waals surface area contributed by atoms with E-state index in [1.807, 2.05) is 59.7 Å². The Hall–Kier alpha value is -3.01. The zero-order valence-electron chi connectivity index (χ0n) is 15.8. The molecule has 1 aliphatic rings. The van der Waals surface area contributed by atoms with Gasteiger partial charge in [0.1, 0.15) is 12.1 Å². The lowest BCUT2D eigenvalue weighted by Crippen LogP contribution is -2.58. The molecule has 2 atom stereocenters. The van der Waals surface area contributed by atoms with Gasteiger partial charge in [0.15, 0.2) is 0 Å². The number of ether oxygens (including phenoxy) is 1. The molecule has 0 spiro atoms. The highest BCUT2D eigenvalue weighted by molar-refractivity contribution is 7.10. The first kappa shape index (κ1) is 19.3. The number of rotatable bonds is 3. The highest BCUT2D eigenvalue weighted by atomic mass is 35.5. The number of thiophene rings is 1. The third kappa shape index (κ3) is 3.13. The lowest BCUT2D eigenvalue weighted by Gasteiger charge is -2.46. The summed E-state index contributed by atoms with van der Waals surface area (Å²) in [5, 5.41) is 15.9. The number of nitrogens with zero attached hydrogens (tertiary/aromatic N) is 2. The monoisotopic (exact) mass is 423 g/mol. The molecular formula is C22H18ClN3O2S. The zero-order chi connectivity index (χ0) is 20.6. The number of halogens is 1. The second kappa shape index (κ2) is 7.43. The fraction of sp³-hybridized carbons (Fsp3) is 0.182. The molecule has 0 bridgehead atoms. The molecule has 0 amide bonds. The summed E-state index contributed by atoms with van der Waals surface area (Å²) in [5.41, 5.74) is 1.75. The number of carbonyl (C=O) groups is 1. The summed E-state index contributed by atoms with van der Waals surface area (Å²) in [6.07, 6.45) is 0. The minimum Gasteiger partial charge on any atom is -0.466 e. The molecule has 29 heavy (non-hydrogen) atoms. The molecule has 7 heteroatoms. The van der Waals surface area contributed by atoms with Crippen molar-refractivity contribution in [2.75, 3.05) is 17.3 Å². The van der Waals surface area contributed by atoms with Gasteiger partial charge in [0.05, 0.1) is 18.5 Å². The molecule has 3 aromatic rings. The van der Waals surface area contributed by atoms with E-state index in [0.717, 1.165) is 21.8 Å². The Kier molecular flexibility index (Phi) is 4.95. The van der Waals surface area contributed by atoms with Crippen molar-refractivity contribution in [2.24, 2.45) is 0 Å². The van der Waals surface area contributed by atoms with E-state index in [1.165, 1.54) is 18.4 Å². The van der Waals surface area contributed by atoms with Crippen molar-refractivity contribution in [3.8, 4) is 6.07 Å². The molecule has 2 unspecified atom stereocenters. The minimum absolute atomic E-state index is 0.565. The van der Waals surface area contributed by atoms with Gasteiger partial charge in [0, 0.05) is 15.6 Å². The van der Waals surface area contributed by atoms with Gasteiger partial charge in [-0.3, -0.25) is 0 Å². The third-order valence-electron chi connectivity index (χ3n) is 5.03. The van der Waals surface area contributed by atoms with Gasteiger partial charge in [0.25, 0.3) is 0 Å². The maximum Gasteiger partial charge on any atom is 0.349 e. The largest absolute Gasteiger partial charge is 0.466 e. The maximum absolute atomic E-state index is 13.0. The molecule has 1 aliphatic heterocycles. The molecule has 146 valence electrons. The van der Waals surface area contributed by atoms with Crippen LogP contribution in [0.2, 0.25) is 5.02 Å². The van der Waals surface area contributed by atoms with Crippen LogP contribution in [0.4, 0.5) is 17.1 Å². The van der Waals surface area contributed by atoms with Gasteiger partial charge in [-0.2, -0.15) is 5.26 Å². The van der Waals surface area contributed by atoms with Crippen molar-refractivity contribution >= 4 is 46.0 Å². The number of anilines is 3. The Morgan fingerprint density at radius 2 is 2.03 bits per heavy atom. The summed E-state index contributed by atoms with van der Waals surface area (Å²) < 4.78 is 5.08. The Morgan fingerprint density at radius 3 is 2.66 bits per heavy atom. The fourth-order valence-corrected chi connectivity index (χ4v) is 4.71. The van der Waals surface area contributed by atoms with Crippen LogP contribution in [-0.2, 0) is 9.53 Å². The molecule has 1 N–H and O–H groups in total. The summed E-state index contributed by atoms with van der Waals surface area (Å²) in [7, 11) is 1.29. The van der Waals surface area contributed by atoms with Crippen LogP contribution in [-0.4, -0.2) is 18.6 Å². The number of nitriles is 1. The molecule has 2 aromatic carbocycles. The molecule has 0 saturated heterocycles. The van der Waals surface area contributed by atoms with Crippen molar-refractivity contribution < 1.29 is 9.53 Å². The number of esters is 1. The molecule has 1 aromatic heterocycles. The molecule has 0 radical (unpaired) electrons. The number of hydrogen-bond donors (Lipinski definition) is 1. The lowest BCUT2D eigenvalue weighted by molar-refractivity contribution is -0.144. The quantitative estimate of drug-likeness (QED) is 0.567. The lowest BCUT2D eigenvalue weighted by atomic mass is 9.84. The van der Waals surface area contributed by atoms with Crippen LogP contribution in [0.25, 0.3) is 0 Å². The Labute approximate surface area is 178 Å². The van der Waals surface area contributed by atoms with E-state index in [4.69, 9.17) is 16.3 Å². The molecule has 4 rings (SSSR count). The number of methoxy groups -OCH3 is 1. The van der Waals surface area contributed by atoms with E-state index < -0.39 is 17.6 Å². The number of fused-ring (bicyclic) bond motifs is 1. The number of hydrogen-bond acceptors (Lipinski definition) is 6. The second-order valence-electron chi connectivity index (χ2n) is 6.82. The normalized spacial score (nSPS) is 20.3. The van der Waals surface area contributed by atoms with E-state index in [-0.39, 0.29) is 0 Å². The smallest absolute Gasteiger partial charge is 0.349 e. The maximum atomic E-state index is 13.0. The first-order chi connectivity index (χ1) is 14.0. The summed E-state index contributed by atoms with van der Waals surface area (Å²) in [6, 6.07) is 18.7. The van der Waals surface area contributed by atoms with Gasteiger partial charge in [-0.05, 0) is 48.7 Å². The van der Waals surface area contributed by atoms with Crippen LogP contribution in [0.1, 0.15) is 16.5 Å². The van der Waals surface area contributed by atoms with Crippen LogP contribution in [0.5, 0.6) is 0 Å². The molecule has 0 fully saturated rings. The van der Waals surface area contributed by atoms with Crippen LogP contribution >= 0.6 is 22.9 Å². The first-order valence-electron chi connectivity index (χ1n) is 8.97. The molecule has 5 nitrogen and oxygen atoms in total. The SMILES string of the molecule is COC(=O)C1(C#N)Nc2ccc(Cl)cc2N(c2ccc(C)cc2)C1c1cccs1. The Morgan fingerprint density at radius 1 is 1.28 bits per heavy atom. The molecule has 0 saturated carbocycles. The molecular weight excluding hydrogens is 406 g/mol. The standard InChI is InChI=1S/C22H18ClN3O2S/c1-14-5-8-16(9-6-14)26-18-12-15(23)7-10-17(18)25-22(13-24,21(27)28-2)20(26)19-4-3-11-29-19/h3-12,20,25H,1-2H3. The number of carbonyl (C=O) groups excluding carboxylic acids is 1. The van der Waals surface area contributed by atoms with Gasteiger partial charge in [-0.25, -0.2) is 4.79 Å². The Bertz CT molecular complexity index is 1090. The van der Waals surface area contributed by atoms with Crippen LogP contribution < -0.4 is 10.2 Å². The number of nitrogens with one attached hydrogen (secondary N) is 1. The van der Waals surface area contributed by atoms with E-state index in [9.17, 15) is 10.1 Å². The van der Waals surface area contributed by atoms with Gasteiger partial charge in [-0.15, -0.1) is 11.3 Å². The van der Waals surface area contributed by atoms with Crippen molar-refractivity contribution in [1.29, 1.82) is 5.26 Å². The van der Waals surface area contributed by atoms with Crippen molar-refractivity contribution in [2.45, 2.75) is 18.5 Å². The average Bonchev–Trinajstić information content (AvgIpc) is 3.27. The summed E-state index contributed by atoms with van der Waals surface area (Å²) in [4.78, 5) is 15.8. The fourth-order valence-electron chi connectivity index (χ4n) is 3.66. The van der Waals surface area contributed by atoms with Crippen molar-refractivity contribution in [1.82, 2.24) is 0 Å². The number of benzene rings is 2. The van der Waals surface area contributed by atoms with Gasteiger partial charge < -0.3 is 15.0 Å². The van der Waals surface area contributed by atoms with Crippen LogP contribution in [0.15, 0.2) is 60.0 Å². The van der Waals surface area contributed by atoms with E-state index in [1.54, 1.807) is 12.1 Å². The van der Waals surface area contributed by atoms with E-state index in [0.29, 0.717) is 10.7 Å². The van der Waals surface area contributed by atoms with Gasteiger partial charge in [-0.1, -0.05) is 35.4 Å². The molecule has 0 aliphatic carbocycles. The third-order valence-corrected chi connectivity index (χ3v) is 6.19.